The first-order chi connectivity index (χ1) is 10.7. The second-order valence-corrected chi connectivity index (χ2v) is 5.33. The first-order valence-electron chi connectivity index (χ1n) is 8.67. The molecule has 0 aromatic heterocycles. The molecule has 0 aliphatic heterocycles. The Bertz CT molecular complexity index is 435. The highest BCUT2D eigenvalue weighted by Gasteiger charge is 2.36. The van der Waals surface area contributed by atoms with Gasteiger partial charge in [0, 0.05) is 5.41 Å². The first-order valence-corrected chi connectivity index (χ1v) is 8.67. The minimum Gasteiger partial charge on any atom is -0.0991 e. The van der Waals surface area contributed by atoms with Crippen LogP contribution in [0.5, 0.6) is 0 Å². The fourth-order valence-corrected chi connectivity index (χ4v) is 3.23. The molecule has 0 bridgehead atoms. The summed E-state index contributed by atoms with van der Waals surface area (Å²) in [6.07, 6.45) is 23.2. The van der Waals surface area contributed by atoms with Crippen molar-refractivity contribution < 1.29 is 0 Å². The molecular weight excluding hydrogens is 264 g/mol. The number of hydrogen-bond donors (Lipinski definition) is 0. The number of allylic oxidation sites excluding steroid dienone is 10. The molecule has 0 atom stereocenters. The van der Waals surface area contributed by atoms with Gasteiger partial charge in [0.1, 0.15) is 0 Å². The third-order valence-electron chi connectivity index (χ3n) is 4.22. The van der Waals surface area contributed by atoms with Crippen molar-refractivity contribution in [2.45, 2.75) is 59.8 Å². The van der Waals surface area contributed by atoms with Gasteiger partial charge in [0.15, 0.2) is 0 Å². The van der Waals surface area contributed by atoms with Crippen LogP contribution in [0, 0.1) is 5.41 Å². The number of rotatable bonds is 6. The number of hydrogen-bond acceptors (Lipinski definition) is 0. The van der Waals surface area contributed by atoms with E-state index in [1.165, 1.54) is 43.3 Å². The van der Waals surface area contributed by atoms with Crippen molar-refractivity contribution in [3.05, 3.63) is 72.9 Å². The molecule has 1 aliphatic rings. The van der Waals surface area contributed by atoms with Crippen LogP contribution in [0.15, 0.2) is 72.9 Å². The highest BCUT2D eigenvalue weighted by atomic mass is 14.4. The summed E-state index contributed by atoms with van der Waals surface area (Å²) in [6, 6.07) is 0. The van der Waals surface area contributed by atoms with E-state index in [0.717, 1.165) is 0 Å². The van der Waals surface area contributed by atoms with Gasteiger partial charge in [-0.3, -0.25) is 0 Å². The van der Waals surface area contributed by atoms with E-state index < -0.39 is 0 Å². The molecule has 0 saturated heterocycles. The molecule has 122 valence electrons. The van der Waals surface area contributed by atoms with Crippen molar-refractivity contribution in [3.8, 4) is 0 Å². The van der Waals surface area contributed by atoms with Crippen LogP contribution >= 0.6 is 0 Å². The van der Waals surface area contributed by atoms with Gasteiger partial charge in [0.25, 0.3) is 0 Å². The molecular formula is C22H34. The van der Waals surface area contributed by atoms with Gasteiger partial charge in [-0.25, -0.2) is 0 Å². The monoisotopic (exact) mass is 298 g/mol. The zero-order valence-electron chi connectivity index (χ0n) is 15.1. The molecule has 1 fully saturated rings. The molecule has 0 N–H and O–H groups in total. The Labute approximate surface area is 138 Å². The molecule has 1 rings (SSSR count). The van der Waals surface area contributed by atoms with E-state index in [4.69, 9.17) is 0 Å². The van der Waals surface area contributed by atoms with Gasteiger partial charge in [-0.2, -0.15) is 0 Å². The van der Waals surface area contributed by atoms with Crippen LogP contribution in [0.2, 0.25) is 0 Å². The topological polar surface area (TPSA) is 0 Å². The van der Waals surface area contributed by atoms with Crippen molar-refractivity contribution in [1.82, 2.24) is 0 Å². The Kier molecular flexibility index (Phi) is 11.2. The van der Waals surface area contributed by atoms with Gasteiger partial charge in [0.05, 0.1) is 0 Å². The highest BCUT2D eigenvalue weighted by Crippen LogP contribution is 2.49. The average Bonchev–Trinajstić information content (AvgIpc) is 2.59. The molecule has 0 aromatic carbocycles. The smallest absolute Gasteiger partial charge is 0.0199 e. The zero-order valence-corrected chi connectivity index (χ0v) is 15.1. The van der Waals surface area contributed by atoms with Crippen molar-refractivity contribution in [2.24, 2.45) is 5.41 Å². The van der Waals surface area contributed by atoms with Gasteiger partial charge in [0.2, 0.25) is 0 Å². The van der Waals surface area contributed by atoms with Gasteiger partial charge in [-0.05, 0) is 37.8 Å². The summed E-state index contributed by atoms with van der Waals surface area (Å²) >= 11 is 0. The molecule has 1 aliphatic carbocycles. The predicted molar refractivity (Wildman–Crippen MR) is 103 cm³/mol. The third-order valence-corrected chi connectivity index (χ3v) is 4.22. The van der Waals surface area contributed by atoms with E-state index >= 15 is 0 Å². The van der Waals surface area contributed by atoms with Gasteiger partial charge in [-0.1, -0.05) is 94.9 Å². The molecule has 0 unspecified atom stereocenters. The normalized spacial score (nSPS) is 18.9. The van der Waals surface area contributed by atoms with Crippen molar-refractivity contribution in [2.75, 3.05) is 0 Å². The van der Waals surface area contributed by atoms with E-state index in [0.29, 0.717) is 0 Å². The SMILES string of the molecule is C=C/C=C\C(=C/C)C1(/C(C=C)=C/C=C\C)CCCCC1.CC. The largest absolute Gasteiger partial charge is 0.0991 e. The molecule has 0 nitrogen and oxygen atoms in total. The second kappa shape index (κ2) is 12.0. The van der Waals surface area contributed by atoms with Gasteiger partial charge < -0.3 is 0 Å². The lowest BCUT2D eigenvalue weighted by molar-refractivity contribution is 0.300. The molecule has 22 heavy (non-hydrogen) atoms. The Morgan fingerprint density at radius 3 is 2.00 bits per heavy atom. The van der Waals surface area contributed by atoms with Crippen LogP contribution in [0.3, 0.4) is 0 Å². The van der Waals surface area contributed by atoms with Crippen molar-refractivity contribution >= 4 is 0 Å². The molecule has 0 spiro atoms. The summed E-state index contributed by atoms with van der Waals surface area (Å²) in [5.41, 5.74) is 2.87. The van der Waals surface area contributed by atoms with E-state index in [-0.39, 0.29) is 5.41 Å². The molecule has 0 heterocycles. The summed E-state index contributed by atoms with van der Waals surface area (Å²) in [7, 11) is 0. The van der Waals surface area contributed by atoms with Gasteiger partial charge >= 0.3 is 0 Å². The van der Waals surface area contributed by atoms with E-state index in [9.17, 15) is 0 Å². The molecule has 0 amide bonds. The predicted octanol–water partition coefficient (Wildman–Crippen LogP) is 7.34. The summed E-state index contributed by atoms with van der Waals surface area (Å²) in [5, 5.41) is 0. The lowest BCUT2D eigenvalue weighted by Crippen LogP contribution is -2.27. The summed E-state index contributed by atoms with van der Waals surface area (Å²) in [4.78, 5) is 0. The van der Waals surface area contributed by atoms with Crippen LogP contribution in [0.25, 0.3) is 0 Å². The Hall–Kier alpha value is -1.56. The molecule has 0 heteroatoms. The minimum absolute atomic E-state index is 0.133. The van der Waals surface area contributed by atoms with E-state index in [1.54, 1.807) is 0 Å². The lowest BCUT2D eigenvalue weighted by Gasteiger charge is -2.40. The molecule has 0 aromatic rings. The Balaban J connectivity index is 0.00000211. The quantitative estimate of drug-likeness (QED) is 0.450. The molecule has 0 radical (unpaired) electrons. The van der Waals surface area contributed by atoms with Crippen molar-refractivity contribution in [3.63, 3.8) is 0 Å². The van der Waals surface area contributed by atoms with Crippen LogP contribution < -0.4 is 0 Å². The van der Waals surface area contributed by atoms with Gasteiger partial charge in [-0.15, -0.1) is 0 Å². The van der Waals surface area contributed by atoms with Crippen LogP contribution in [-0.2, 0) is 0 Å². The van der Waals surface area contributed by atoms with E-state index in [2.05, 4.69) is 57.4 Å². The van der Waals surface area contributed by atoms with E-state index in [1.807, 2.05) is 32.1 Å². The first kappa shape index (κ1) is 20.4. The Morgan fingerprint density at radius 2 is 1.55 bits per heavy atom. The fourth-order valence-electron chi connectivity index (χ4n) is 3.23. The van der Waals surface area contributed by atoms with Crippen LogP contribution in [-0.4, -0.2) is 0 Å². The second-order valence-electron chi connectivity index (χ2n) is 5.33. The zero-order chi connectivity index (χ0) is 16.8. The summed E-state index contributed by atoms with van der Waals surface area (Å²) in [6.45, 7) is 16.0. The Morgan fingerprint density at radius 1 is 0.909 bits per heavy atom. The van der Waals surface area contributed by atoms with Crippen molar-refractivity contribution in [1.29, 1.82) is 0 Å². The average molecular weight is 299 g/mol. The summed E-state index contributed by atoms with van der Waals surface area (Å²) < 4.78 is 0. The highest BCUT2D eigenvalue weighted by molar-refractivity contribution is 5.43. The van der Waals surface area contributed by atoms with Crippen LogP contribution in [0.1, 0.15) is 59.8 Å². The molecule has 1 saturated carbocycles. The minimum atomic E-state index is 0.133. The standard InChI is InChI=1S/C20H28.C2H6/c1-5-9-14-18(7-3)20(16-12-11-13-17-20)19(8-4)15-10-6-2;1-2/h5-10,14-15H,1,4,11-13,16-17H2,2-3H3;1-2H3/b10-6-,14-9-,18-7+,19-15+;. The maximum atomic E-state index is 4.06. The van der Waals surface area contributed by atoms with Crippen LogP contribution in [0.4, 0.5) is 0 Å². The fraction of sp³-hybridized carbons (Fsp3) is 0.455. The maximum Gasteiger partial charge on any atom is 0.0199 e. The summed E-state index contributed by atoms with van der Waals surface area (Å²) in [5.74, 6) is 0. The maximum absolute atomic E-state index is 4.06. The lowest BCUT2D eigenvalue weighted by atomic mass is 9.64. The third kappa shape index (κ3) is 5.33.